The van der Waals surface area contributed by atoms with E-state index in [0.29, 0.717) is 36.5 Å². The van der Waals surface area contributed by atoms with Crippen molar-refractivity contribution in [3.63, 3.8) is 0 Å². The van der Waals surface area contributed by atoms with E-state index < -0.39 is 0 Å². The molecule has 6 nitrogen and oxygen atoms in total. The Morgan fingerprint density at radius 3 is 2.71 bits per heavy atom. The highest BCUT2D eigenvalue weighted by molar-refractivity contribution is 5.97. The highest BCUT2D eigenvalue weighted by Gasteiger charge is 2.37. The smallest absolute Gasteiger partial charge is 0.257 e. The van der Waals surface area contributed by atoms with Crippen LogP contribution in [0.5, 0.6) is 5.75 Å². The van der Waals surface area contributed by atoms with E-state index in [-0.39, 0.29) is 5.91 Å². The molecule has 4 heterocycles. The molecule has 0 saturated carbocycles. The molecule has 2 fully saturated rings. The zero-order chi connectivity index (χ0) is 19.1. The minimum absolute atomic E-state index is 0.0207. The molecule has 5 rings (SSSR count). The molecule has 1 N–H and O–H groups in total. The summed E-state index contributed by atoms with van der Waals surface area (Å²) < 4.78 is 5.37. The monoisotopic (exact) mass is 378 g/mol. The van der Waals surface area contributed by atoms with E-state index in [9.17, 15) is 4.79 Å². The predicted octanol–water partition coefficient (Wildman–Crippen LogP) is 2.23. The first kappa shape index (κ1) is 17.5. The van der Waals surface area contributed by atoms with Crippen LogP contribution in [0.1, 0.15) is 34.5 Å². The van der Waals surface area contributed by atoms with Crippen molar-refractivity contribution in [2.75, 3.05) is 31.6 Å². The van der Waals surface area contributed by atoms with Crippen LogP contribution in [0.15, 0.2) is 36.4 Å². The zero-order valence-electron chi connectivity index (χ0n) is 16.2. The van der Waals surface area contributed by atoms with Gasteiger partial charge in [-0.1, -0.05) is 18.2 Å². The van der Waals surface area contributed by atoms with Gasteiger partial charge in [0.05, 0.1) is 12.7 Å². The molecule has 1 aromatic carbocycles. The summed E-state index contributed by atoms with van der Waals surface area (Å²) in [7, 11) is 1.60. The molecule has 2 aromatic rings. The molecular weight excluding hydrogens is 352 g/mol. The lowest BCUT2D eigenvalue weighted by Crippen LogP contribution is -2.52. The zero-order valence-corrected chi connectivity index (χ0v) is 16.2. The Kier molecular flexibility index (Phi) is 4.43. The van der Waals surface area contributed by atoms with Gasteiger partial charge in [0.15, 0.2) is 0 Å². The summed E-state index contributed by atoms with van der Waals surface area (Å²) in [5.74, 6) is 1.76. The van der Waals surface area contributed by atoms with Crippen LogP contribution in [-0.4, -0.2) is 54.6 Å². The van der Waals surface area contributed by atoms with Crippen molar-refractivity contribution in [1.82, 2.24) is 15.2 Å². The lowest BCUT2D eigenvalue weighted by Gasteiger charge is -2.37. The lowest BCUT2D eigenvalue weighted by atomic mass is 10.0. The van der Waals surface area contributed by atoms with Gasteiger partial charge in [-0.05, 0) is 36.6 Å². The van der Waals surface area contributed by atoms with E-state index in [2.05, 4.69) is 22.3 Å². The molecule has 2 unspecified atom stereocenters. The van der Waals surface area contributed by atoms with Gasteiger partial charge in [-0.25, -0.2) is 4.98 Å². The fraction of sp³-hybridized carbons (Fsp3) is 0.455. The van der Waals surface area contributed by atoms with Crippen LogP contribution in [0, 0.1) is 0 Å². The number of nitrogens with one attached hydrogen (secondary N) is 1. The van der Waals surface area contributed by atoms with Crippen LogP contribution in [0.25, 0.3) is 0 Å². The molecule has 146 valence electrons. The molecule has 3 aliphatic rings. The quantitative estimate of drug-likeness (QED) is 0.888. The largest absolute Gasteiger partial charge is 0.496 e. The molecular formula is C22H26N4O2. The van der Waals surface area contributed by atoms with Crippen molar-refractivity contribution >= 4 is 11.7 Å². The molecule has 28 heavy (non-hydrogen) atoms. The topological polar surface area (TPSA) is 57.7 Å². The summed E-state index contributed by atoms with van der Waals surface area (Å²) in [4.78, 5) is 22.4. The molecule has 2 saturated heterocycles. The van der Waals surface area contributed by atoms with Crippen molar-refractivity contribution in [2.45, 2.75) is 37.9 Å². The lowest BCUT2D eigenvalue weighted by molar-refractivity contribution is 0.0730. The molecule has 1 amide bonds. The van der Waals surface area contributed by atoms with Crippen LogP contribution in [0.2, 0.25) is 0 Å². The second-order valence-electron chi connectivity index (χ2n) is 7.90. The van der Waals surface area contributed by atoms with E-state index in [1.807, 2.05) is 29.2 Å². The summed E-state index contributed by atoms with van der Waals surface area (Å²) in [6, 6.07) is 12.9. The Morgan fingerprint density at radius 2 is 1.93 bits per heavy atom. The van der Waals surface area contributed by atoms with Gasteiger partial charge in [0, 0.05) is 50.4 Å². The van der Waals surface area contributed by atoms with Gasteiger partial charge in [-0.15, -0.1) is 0 Å². The number of fused-ring (bicyclic) bond motifs is 3. The van der Waals surface area contributed by atoms with Gasteiger partial charge in [-0.3, -0.25) is 4.79 Å². The summed E-state index contributed by atoms with van der Waals surface area (Å²) in [5.41, 5.74) is 2.91. The number of piperazine rings is 1. The summed E-state index contributed by atoms with van der Waals surface area (Å²) in [6.07, 6.45) is 3.29. The first-order valence-corrected chi connectivity index (χ1v) is 10.1. The molecule has 1 aromatic heterocycles. The maximum Gasteiger partial charge on any atom is 0.257 e. The maximum atomic E-state index is 13.0. The minimum Gasteiger partial charge on any atom is -0.496 e. The van der Waals surface area contributed by atoms with Gasteiger partial charge in [-0.2, -0.15) is 0 Å². The third-order valence-electron chi connectivity index (χ3n) is 6.30. The van der Waals surface area contributed by atoms with E-state index >= 15 is 0 Å². The standard InChI is InChI=1S/C22H26N4O2/c1-28-20-5-3-2-4-18(20)22(27)25-11-10-19-15(14-25)6-9-21(24-19)26-16-7-8-17(26)13-23-12-16/h2-6,9,16-17,23H,7-8,10-14H2,1H3. The van der Waals surface area contributed by atoms with Crippen molar-refractivity contribution in [3.05, 3.63) is 53.2 Å². The van der Waals surface area contributed by atoms with Gasteiger partial charge < -0.3 is 19.9 Å². The number of carbonyl (C=O) groups excluding carboxylic acids is 1. The average molecular weight is 378 g/mol. The molecule has 2 bridgehead atoms. The number of hydrogen-bond donors (Lipinski definition) is 1. The number of nitrogens with zero attached hydrogens (tertiary/aromatic N) is 3. The molecule has 2 atom stereocenters. The molecule has 0 spiro atoms. The van der Waals surface area contributed by atoms with Crippen molar-refractivity contribution in [1.29, 1.82) is 0 Å². The summed E-state index contributed by atoms with van der Waals surface area (Å²) in [6.45, 7) is 3.40. The van der Waals surface area contributed by atoms with Crippen molar-refractivity contribution < 1.29 is 9.53 Å². The number of methoxy groups -OCH3 is 1. The van der Waals surface area contributed by atoms with Crippen LogP contribution >= 0.6 is 0 Å². The highest BCUT2D eigenvalue weighted by atomic mass is 16.5. The van der Waals surface area contributed by atoms with E-state index in [4.69, 9.17) is 9.72 Å². The van der Waals surface area contributed by atoms with Crippen LogP contribution in [0.3, 0.4) is 0 Å². The molecule has 6 heteroatoms. The highest BCUT2D eigenvalue weighted by Crippen LogP contribution is 2.33. The minimum atomic E-state index is 0.0207. The van der Waals surface area contributed by atoms with Crippen molar-refractivity contribution in [2.24, 2.45) is 0 Å². The Hall–Kier alpha value is -2.60. The number of aromatic nitrogens is 1. The Bertz CT molecular complexity index is 884. The molecule has 0 radical (unpaired) electrons. The number of ether oxygens (including phenoxy) is 1. The second-order valence-corrected chi connectivity index (χ2v) is 7.90. The Morgan fingerprint density at radius 1 is 1.14 bits per heavy atom. The summed E-state index contributed by atoms with van der Waals surface area (Å²) in [5, 5.41) is 3.53. The van der Waals surface area contributed by atoms with Crippen LogP contribution in [-0.2, 0) is 13.0 Å². The number of para-hydroxylation sites is 1. The van der Waals surface area contributed by atoms with E-state index in [0.717, 1.165) is 36.6 Å². The van der Waals surface area contributed by atoms with Crippen LogP contribution < -0.4 is 15.0 Å². The number of pyridine rings is 1. The number of hydrogen-bond acceptors (Lipinski definition) is 5. The number of amides is 1. The number of rotatable bonds is 3. The normalized spacial score (nSPS) is 23.5. The predicted molar refractivity (Wildman–Crippen MR) is 108 cm³/mol. The van der Waals surface area contributed by atoms with Gasteiger partial charge in [0.1, 0.15) is 11.6 Å². The molecule has 0 aliphatic carbocycles. The van der Waals surface area contributed by atoms with Crippen LogP contribution in [0.4, 0.5) is 5.82 Å². The van der Waals surface area contributed by atoms with Gasteiger partial charge in [0.25, 0.3) is 5.91 Å². The fourth-order valence-corrected chi connectivity index (χ4v) is 4.87. The third kappa shape index (κ3) is 2.92. The maximum absolute atomic E-state index is 13.0. The van der Waals surface area contributed by atoms with Gasteiger partial charge in [0.2, 0.25) is 0 Å². The van der Waals surface area contributed by atoms with E-state index in [1.165, 1.54) is 12.8 Å². The first-order chi connectivity index (χ1) is 13.7. The third-order valence-corrected chi connectivity index (χ3v) is 6.30. The van der Waals surface area contributed by atoms with Gasteiger partial charge >= 0.3 is 0 Å². The van der Waals surface area contributed by atoms with Crippen molar-refractivity contribution in [3.8, 4) is 5.75 Å². The second kappa shape index (κ2) is 7.09. The summed E-state index contributed by atoms with van der Waals surface area (Å²) >= 11 is 0. The average Bonchev–Trinajstić information content (AvgIpc) is 3.00. The number of carbonyl (C=O) groups is 1. The molecule has 3 aliphatic heterocycles. The van der Waals surface area contributed by atoms with E-state index in [1.54, 1.807) is 7.11 Å². The number of anilines is 1. The SMILES string of the molecule is COc1ccccc1C(=O)N1CCc2nc(N3C4CCC3CNC4)ccc2C1. The Labute approximate surface area is 165 Å². The fourth-order valence-electron chi connectivity index (χ4n) is 4.87. The first-order valence-electron chi connectivity index (χ1n) is 10.1. The number of benzene rings is 1. The Balaban J connectivity index is 1.36.